The Labute approximate surface area is 126 Å². The van der Waals surface area contributed by atoms with Gasteiger partial charge in [0.25, 0.3) is 0 Å². The molecule has 0 saturated carbocycles. The van der Waals surface area contributed by atoms with E-state index in [1.54, 1.807) is 24.3 Å². The molecule has 7 nitrogen and oxygen atoms in total. The standard InChI is InChI=1S/C13H16ClN3O4/c1-17(8-12(19)20)11(18)7-16-13(21)15-6-9-2-4-10(14)5-3-9/h2-5H,6-8H2,1H3,(H,19,20)(H2,15,16,21). The molecule has 3 amide bonds. The van der Waals surface area contributed by atoms with E-state index in [-0.39, 0.29) is 6.54 Å². The molecule has 1 aromatic carbocycles. The zero-order chi connectivity index (χ0) is 15.8. The van der Waals surface area contributed by atoms with Crippen LogP contribution in [0.15, 0.2) is 24.3 Å². The molecule has 3 N–H and O–H groups in total. The van der Waals surface area contributed by atoms with Crippen molar-refractivity contribution in [2.75, 3.05) is 20.1 Å². The Morgan fingerprint density at radius 2 is 1.81 bits per heavy atom. The number of amides is 3. The molecule has 0 aliphatic rings. The fourth-order valence-electron chi connectivity index (χ4n) is 1.43. The van der Waals surface area contributed by atoms with Crippen LogP contribution in [-0.2, 0) is 16.1 Å². The van der Waals surface area contributed by atoms with Crippen molar-refractivity contribution in [2.45, 2.75) is 6.54 Å². The first-order valence-corrected chi connectivity index (χ1v) is 6.48. The predicted molar refractivity (Wildman–Crippen MR) is 77.0 cm³/mol. The van der Waals surface area contributed by atoms with E-state index in [0.29, 0.717) is 11.6 Å². The van der Waals surface area contributed by atoms with Gasteiger partial charge in [0, 0.05) is 18.6 Å². The van der Waals surface area contributed by atoms with Crippen molar-refractivity contribution in [1.82, 2.24) is 15.5 Å². The van der Waals surface area contributed by atoms with Gasteiger partial charge < -0.3 is 20.6 Å². The Kier molecular flexibility index (Phi) is 6.48. The number of rotatable bonds is 6. The minimum atomic E-state index is -1.11. The number of benzene rings is 1. The summed E-state index contributed by atoms with van der Waals surface area (Å²) >= 11 is 5.74. The second kappa shape index (κ2) is 8.11. The van der Waals surface area contributed by atoms with Gasteiger partial charge in [-0.3, -0.25) is 9.59 Å². The second-order valence-electron chi connectivity index (χ2n) is 4.31. The number of carboxylic acids is 1. The molecule has 114 valence electrons. The number of nitrogens with one attached hydrogen (secondary N) is 2. The van der Waals surface area contributed by atoms with Crippen LogP contribution in [0.1, 0.15) is 5.56 Å². The topological polar surface area (TPSA) is 98.7 Å². The van der Waals surface area contributed by atoms with Gasteiger partial charge in [0.2, 0.25) is 5.91 Å². The Morgan fingerprint density at radius 1 is 1.19 bits per heavy atom. The molecule has 0 bridgehead atoms. The van der Waals surface area contributed by atoms with E-state index in [4.69, 9.17) is 16.7 Å². The molecule has 0 spiro atoms. The average Bonchev–Trinajstić information content (AvgIpc) is 2.43. The highest BCUT2D eigenvalue weighted by Crippen LogP contribution is 2.08. The van der Waals surface area contributed by atoms with Crippen molar-refractivity contribution in [3.8, 4) is 0 Å². The summed E-state index contributed by atoms with van der Waals surface area (Å²) < 4.78 is 0. The van der Waals surface area contributed by atoms with Crippen LogP contribution in [0, 0.1) is 0 Å². The number of urea groups is 1. The fraction of sp³-hybridized carbons (Fsp3) is 0.308. The van der Waals surface area contributed by atoms with Gasteiger partial charge in [0.15, 0.2) is 0 Å². The third-order valence-corrected chi connectivity index (χ3v) is 2.82. The normalized spacial score (nSPS) is 9.81. The Bertz CT molecular complexity index is 519. The van der Waals surface area contributed by atoms with Crippen LogP contribution >= 0.6 is 11.6 Å². The van der Waals surface area contributed by atoms with Crippen molar-refractivity contribution in [3.05, 3.63) is 34.9 Å². The molecule has 1 aromatic rings. The third kappa shape index (κ3) is 6.62. The van der Waals surface area contributed by atoms with Crippen molar-refractivity contribution in [3.63, 3.8) is 0 Å². The lowest BCUT2D eigenvalue weighted by molar-refractivity contribution is -0.143. The maximum absolute atomic E-state index is 11.5. The highest BCUT2D eigenvalue weighted by atomic mass is 35.5. The number of nitrogens with zero attached hydrogens (tertiary/aromatic N) is 1. The van der Waals surface area contributed by atoms with Crippen LogP contribution < -0.4 is 10.6 Å². The number of hydrogen-bond acceptors (Lipinski definition) is 3. The number of carbonyl (C=O) groups is 3. The summed E-state index contributed by atoms with van der Waals surface area (Å²) in [5.41, 5.74) is 0.865. The van der Waals surface area contributed by atoms with E-state index in [1.165, 1.54) is 7.05 Å². The average molecular weight is 314 g/mol. The molecule has 0 fully saturated rings. The highest BCUT2D eigenvalue weighted by molar-refractivity contribution is 6.30. The number of halogens is 1. The van der Waals surface area contributed by atoms with E-state index in [1.807, 2.05) is 0 Å². The van der Waals surface area contributed by atoms with Crippen LogP contribution in [-0.4, -0.2) is 48.1 Å². The third-order valence-electron chi connectivity index (χ3n) is 2.56. The van der Waals surface area contributed by atoms with Crippen LogP contribution in [0.25, 0.3) is 0 Å². The monoisotopic (exact) mass is 313 g/mol. The summed E-state index contributed by atoms with van der Waals surface area (Å²) in [5.74, 6) is -1.60. The molecular formula is C13H16ClN3O4. The number of carboxylic acid groups (broad SMARTS) is 1. The summed E-state index contributed by atoms with van der Waals surface area (Å²) in [4.78, 5) is 34.4. The number of hydrogen-bond donors (Lipinski definition) is 3. The van der Waals surface area contributed by atoms with Crippen LogP contribution in [0.3, 0.4) is 0 Å². The largest absolute Gasteiger partial charge is 0.480 e. The van der Waals surface area contributed by atoms with E-state index < -0.39 is 24.5 Å². The van der Waals surface area contributed by atoms with Crippen molar-refractivity contribution in [1.29, 1.82) is 0 Å². The lowest BCUT2D eigenvalue weighted by Crippen LogP contribution is -2.43. The highest BCUT2D eigenvalue weighted by Gasteiger charge is 2.12. The van der Waals surface area contributed by atoms with E-state index in [9.17, 15) is 14.4 Å². The van der Waals surface area contributed by atoms with Crippen LogP contribution in [0.5, 0.6) is 0 Å². The molecular weight excluding hydrogens is 298 g/mol. The second-order valence-corrected chi connectivity index (χ2v) is 4.74. The molecule has 21 heavy (non-hydrogen) atoms. The van der Waals surface area contributed by atoms with E-state index in [2.05, 4.69) is 10.6 Å². The molecule has 0 unspecified atom stereocenters. The van der Waals surface area contributed by atoms with Crippen molar-refractivity contribution >= 4 is 29.5 Å². The van der Waals surface area contributed by atoms with Gasteiger partial charge in [-0.15, -0.1) is 0 Å². The molecule has 8 heteroatoms. The number of carbonyl (C=O) groups excluding carboxylic acids is 2. The maximum atomic E-state index is 11.5. The predicted octanol–water partition coefficient (Wildman–Crippen LogP) is 0.682. The van der Waals surface area contributed by atoms with E-state index in [0.717, 1.165) is 10.5 Å². The smallest absolute Gasteiger partial charge is 0.323 e. The SMILES string of the molecule is CN(CC(=O)O)C(=O)CNC(=O)NCc1ccc(Cl)cc1. The zero-order valence-electron chi connectivity index (χ0n) is 11.4. The lowest BCUT2D eigenvalue weighted by Gasteiger charge is -2.15. The molecule has 0 aromatic heterocycles. The van der Waals surface area contributed by atoms with E-state index >= 15 is 0 Å². The summed E-state index contributed by atoms with van der Waals surface area (Å²) in [5, 5.41) is 14.1. The minimum absolute atomic E-state index is 0.268. The van der Waals surface area contributed by atoms with Crippen molar-refractivity contribution in [2.24, 2.45) is 0 Å². The molecule has 0 heterocycles. The first kappa shape index (κ1) is 16.8. The van der Waals surface area contributed by atoms with Gasteiger partial charge in [-0.25, -0.2) is 4.79 Å². The molecule has 0 aliphatic carbocycles. The van der Waals surface area contributed by atoms with Crippen LogP contribution in [0.2, 0.25) is 5.02 Å². The summed E-state index contributed by atoms with van der Waals surface area (Å²) in [6, 6.07) is 6.45. The Morgan fingerprint density at radius 3 is 2.38 bits per heavy atom. The molecule has 0 saturated heterocycles. The van der Waals surface area contributed by atoms with Gasteiger partial charge >= 0.3 is 12.0 Å². The number of aliphatic carboxylic acids is 1. The number of likely N-dealkylation sites (N-methyl/N-ethyl adjacent to an activating group) is 1. The Balaban J connectivity index is 2.29. The zero-order valence-corrected chi connectivity index (χ0v) is 12.2. The van der Waals surface area contributed by atoms with Gasteiger partial charge in [-0.05, 0) is 17.7 Å². The molecule has 1 rings (SSSR count). The minimum Gasteiger partial charge on any atom is -0.480 e. The van der Waals surface area contributed by atoms with Gasteiger partial charge in [0.1, 0.15) is 6.54 Å². The van der Waals surface area contributed by atoms with Gasteiger partial charge in [0.05, 0.1) is 6.54 Å². The van der Waals surface area contributed by atoms with Gasteiger partial charge in [-0.2, -0.15) is 0 Å². The Hall–Kier alpha value is -2.28. The van der Waals surface area contributed by atoms with Crippen LogP contribution in [0.4, 0.5) is 4.79 Å². The summed E-state index contributed by atoms with van der Waals surface area (Å²) in [7, 11) is 1.35. The molecule has 0 radical (unpaired) electrons. The lowest BCUT2D eigenvalue weighted by atomic mass is 10.2. The summed E-state index contributed by atoms with van der Waals surface area (Å²) in [6.07, 6.45) is 0. The molecule has 0 aliphatic heterocycles. The molecule has 0 atom stereocenters. The summed E-state index contributed by atoms with van der Waals surface area (Å²) in [6.45, 7) is -0.384. The quantitative estimate of drug-likeness (QED) is 0.719. The first-order chi connectivity index (χ1) is 9.88. The first-order valence-electron chi connectivity index (χ1n) is 6.10. The van der Waals surface area contributed by atoms with Crippen molar-refractivity contribution < 1.29 is 19.5 Å². The maximum Gasteiger partial charge on any atom is 0.323 e. The van der Waals surface area contributed by atoms with Gasteiger partial charge in [-0.1, -0.05) is 23.7 Å². The fourth-order valence-corrected chi connectivity index (χ4v) is 1.56.